The average molecular weight is 389 g/mol. The van der Waals surface area contributed by atoms with Gasteiger partial charge in [-0.15, -0.1) is 0 Å². The minimum atomic E-state index is -0.593. The Bertz CT molecular complexity index is 670. The lowest BCUT2D eigenvalue weighted by Crippen LogP contribution is -2.28. The van der Waals surface area contributed by atoms with E-state index in [9.17, 15) is 15.0 Å². The molecule has 0 spiro atoms. The van der Waals surface area contributed by atoms with Gasteiger partial charge in [-0.2, -0.15) is 0 Å². The zero-order valence-electron chi connectivity index (χ0n) is 16.8. The molecule has 5 nitrogen and oxygen atoms in total. The van der Waals surface area contributed by atoms with Gasteiger partial charge in [-0.05, 0) is 39.5 Å². The van der Waals surface area contributed by atoms with Gasteiger partial charge < -0.3 is 19.7 Å². The summed E-state index contributed by atoms with van der Waals surface area (Å²) >= 11 is 0. The third-order valence-corrected chi connectivity index (χ3v) is 4.78. The van der Waals surface area contributed by atoms with Gasteiger partial charge >= 0.3 is 5.97 Å². The molecule has 0 amide bonds. The second-order valence-electron chi connectivity index (χ2n) is 7.72. The van der Waals surface area contributed by atoms with Crippen LogP contribution in [0.4, 0.5) is 0 Å². The number of carbonyl (C=O) groups is 1. The molecule has 1 saturated heterocycles. The van der Waals surface area contributed by atoms with E-state index in [1.54, 1.807) is 18.2 Å². The number of ether oxygens (including phenoxy) is 2. The molecule has 2 heterocycles. The van der Waals surface area contributed by atoms with Gasteiger partial charge in [0.1, 0.15) is 6.10 Å². The predicted molar refractivity (Wildman–Crippen MR) is 110 cm³/mol. The predicted octanol–water partition coefficient (Wildman–Crippen LogP) is 3.54. The summed E-state index contributed by atoms with van der Waals surface area (Å²) < 4.78 is 11.5. The fraction of sp³-hybridized carbons (Fsp3) is 0.522. The smallest absolute Gasteiger partial charge is 0.331 e. The Morgan fingerprint density at radius 3 is 2.71 bits per heavy atom. The number of hydrogen-bond donors (Lipinski definition) is 2. The number of esters is 1. The van der Waals surface area contributed by atoms with E-state index < -0.39 is 18.2 Å². The second kappa shape index (κ2) is 11.1. The van der Waals surface area contributed by atoms with Crippen molar-refractivity contribution in [3.8, 4) is 0 Å². The molecule has 0 aliphatic carbocycles. The summed E-state index contributed by atoms with van der Waals surface area (Å²) in [4.78, 5) is 12.0. The van der Waals surface area contributed by atoms with Gasteiger partial charge in [0, 0.05) is 12.5 Å². The second-order valence-corrected chi connectivity index (χ2v) is 7.72. The summed E-state index contributed by atoms with van der Waals surface area (Å²) in [5.41, 5.74) is 3.09. The lowest BCUT2D eigenvalue weighted by Gasteiger charge is -2.30. The van der Waals surface area contributed by atoms with Crippen molar-refractivity contribution in [3.63, 3.8) is 0 Å². The highest BCUT2D eigenvalue weighted by Crippen LogP contribution is 2.27. The Morgan fingerprint density at radius 1 is 1.18 bits per heavy atom. The van der Waals surface area contributed by atoms with Crippen LogP contribution in [0.2, 0.25) is 0 Å². The molecule has 1 fully saturated rings. The van der Waals surface area contributed by atoms with Crippen molar-refractivity contribution in [1.29, 1.82) is 0 Å². The van der Waals surface area contributed by atoms with Crippen molar-refractivity contribution in [2.24, 2.45) is 0 Å². The minimum Gasteiger partial charge on any atom is -0.456 e. The molecule has 2 aliphatic rings. The van der Waals surface area contributed by atoms with Crippen LogP contribution < -0.4 is 0 Å². The Labute approximate surface area is 167 Å². The molecule has 28 heavy (non-hydrogen) atoms. The number of rotatable bonds is 1. The van der Waals surface area contributed by atoms with Gasteiger partial charge in [-0.3, -0.25) is 0 Å². The summed E-state index contributed by atoms with van der Waals surface area (Å²) in [7, 11) is 0. The van der Waals surface area contributed by atoms with Crippen LogP contribution in [0.1, 0.15) is 46.0 Å². The Balaban J connectivity index is 2.20. The average Bonchev–Trinajstić information content (AvgIpc) is 2.59. The number of aliphatic hydroxyl groups is 2. The van der Waals surface area contributed by atoms with Gasteiger partial charge in [-0.1, -0.05) is 53.7 Å². The van der Waals surface area contributed by atoms with Gasteiger partial charge in [0.05, 0.1) is 24.9 Å². The van der Waals surface area contributed by atoms with Crippen molar-refractivity contribution < 1.29 is 24.5 Å². The van der Waals surface area contributed by atoms with Crippen LogP contribution in [0.5, 0.6) is 0 Å². The van der Waals surface area contributed by atoms with Crippen LogP contribution >= 0.6 is 0 Å². The minimum absolute atomic E-state index is 0.0312. The molecule has 0 saturated carbocycles. The van der Waals surface area contributed by atoms with Crippen molar-refractivity contribution in [2.75, 3.05) is 6.61 Å². The quantitative estimate of drug-likeness (QED) is 0.531. The summed E-state index contributed by atoms with van der Waals surface area (Å²) in [5, 5.41) is 19.7. The first-order valence-corrected chi connectivity index (χ1v) is 9.85. The molecule has 0 aromatic heterocycles. The highest BCUT2D eigenvalue weighted by atomic mass is 16.5. The number of cyclic esters (lactones) is 1. The summed E-state index contributed by atoms with van der Waals surface area (Å²) in [6.07, 6.45) is 12.5. The number of hydrogen-bond acceptors (Lipinski definition) is 5. The zero-order valence-corrected chi connectivity index (χ0v) is 16.8. The number of carbonyl (C=O) groups excluding carboxylic acids is 1. The van der Waals surface area contributed by atoms with Gasteiger partial charge in [0.15, 0.2) is 0 Å². The molecular formula is C23H32O5. The van der Waals surface area contributed by atoms with Crippen LogP contribution in [-0.2, 0) is 14.3 Å². The van der Waals surface area contributed by atoms with E-state index in [0.717, 1.165) is 36.0 Å². The maximum Gasteiger partial charge on any atom is 0.331 e. The first kappa shape index (κ1) is 22.3. The van der Waals surface area contributed by atoms with Crippen LogP contribution in [-0.4, -0.2) is 47.2 Å². The summed E-state index contributed by atoms with van der Waals surface area (Å²) in [6.45, 7) is 7.74. The molecule has 154 valence electrons. The van der Waals surface area contributed by atoms with E-state index in [4.69, 9.17) is 9.47 Å². The number of aliphatic hydroxyl groups excluding tert-OH is 2. The molecule has 4 atom stereocenters. The third-order valence-electron chi connectivity index (χ3n) is 4.78. The van der Waals surface area contributed by atoms with E-state index in [-0.39, 0.29) is 18.8 Å². The standard InChI is InChI=1S/C23H32O5/c1-16-6-4-9-23(26)28-22(15-24)14-18(3)13-21-12-17(2)11-20(27-21)8-5-7-19(25)10-16/h4-7,9,13,19-22,24-25H,2,8,10-12,14-15H2,1,3H3/b7-5+,9-4+,16-6-,18-13+/t19?,20-,21-,22?/m0/s1. The highest BCUT2D eigenvalue weighted by Gasteiger charge is 2.23. The van der Waals surface area contributed by atoms with Crippen LogP contribution in [0.3, 0.4) is 0 Å². The third kappa shape index (κ3) is 7.97. The van der Waals surface area contributed by atoms with E-state index >= 15 is 0 Å². The van der Waals surface area contributed by atoms with Crippen LogP contribution in [0.15, 0.2) is 59.8 Å². The first-order valence-electron chi connectivity index (χ1n) is 9.85. The molecule has 0 aromatic carbocycles. The van der Waals surface area contributed by atoms with E-state index in [2.05, 4.69) is 6.58 Å². The normalized spacial score (nSPS) is 36.7. The van der Waals surface area contributed by atoms with E-state index in [1.165, 1.54) is 6.08 Å². The maximum atomic E-state index is 12.0. The van der Waals surface area contributed by atoms with E-state index in [1.807, 2.05) is 26.0 Å². The molecule has 0 radical (unpaired) electrons. The maximum absolute atomic E-state index is 12.0. The molecule has 2 bridgehead atoms. The zero-order chi connectivity index (χ0) is 20.5. The van der Waals surface area contributed by atoms with Crippen LogP contribution in [0.25, 0.3) is 0 Å². The number of fused-ring (bicyclic) bond motifs is 2. The Morgan fingerprint density at radius 2 is 1.96 bits per heavy atom. The summed E-state index contributed by atoms with van der Waals surface area (Å²) in [6, 6.07) is 0. The lowest BCUT2D eigenvalue weighted by molar-refractivity contribution is -0.144. The number of allylic oxidation sites excluding steroid dienone is 2. The molecule has 5 heteroatoms. The molecule has 2 aliphatic heterocycles. The van der Waals surface area contributed by atoms with Crippen molar-refractivity contribution >= 4 is 5.97 Å². The van der Waals surface area contributed by atoms with E-state index in [0.29, 0.717) is 12.8 Å². The first-order chi connectivity index (χ1) is 13.4. The Hall–Kier alpha value is -1.95. The lowest BCUT2D eigenvalue weighted by atomic mass is 9.95. The molecular weight excluding hydrogens is 356 g/mol. The van der Waals surface area contributed by atoms with Crippen molar-refractivity contribution in [1.82, 2.24) is 0 Å². The Kier molecular flexibility index (Phi) is 8.90. The van der Waals surface area contributed by atoms with Gasteiger partial charge in [-0.25, -0.2) is 4.79 Å². The highest BCUT2D eigenvalue weighted by molar-refractivity contribution is 5.82. The van der Waals surface area contributed by atoms with Crippen LogP contribution in [0, 0.1) is 0 Å². The molecule has 2 unspecified atom stereocenters. The largest absolute Gasteiger partial charge is 0.456 e. The molecule has 2 rings (SSSR count). The SMILES string of the molecule is C=C1C[C@@H]2C/C=C/C(O)C/C(C)=C\C=C\C(=O)OC(CO)C/C(C)=C/[C@H](C1)O2. The van der Waals surface area contributed by atoms with Gasteiger partial charge in [0.25, 0.3) is 0 Å². The van der Waals surface area contributed by atoms with Crippen molar-refractivity contribution in [2.45, 2.75) is 70.4 Å². The fourth-order valence-electron chi connectivity index (χ4n) is 3.51. The monoisotopic (exact) mass is 388 g/mol. The molecule has 0 aromatic rings. The fourth-order valence-corrected chi connectivity index (χ4v) is 3.51. The topological polar surface area (TPSA) is 76.0 Å². The summed E-state index contributed by atoms with van der Waals surface area (Å²) in [5.74, 6) is -0.500. The van der Waals surface area contributed by atoms with Crippen molar-refractivity contribution in [3.05, 3.63) is 59.8 Å². The molecule has 2 N–H and O–H groups in total. The van der Waals surface area contributed by atoms with Gasteiger partial charge in [0.2, 0.25) is 0 Å².